The van der Waals surface area contributed by atoms with E-state index >= 15 is 0 Å². The van der Waals surface area contributed by atoms with E-state index in [4.69, 9.17) is 9.47 Å². The Balaban J connectivity index is 2.37. The van der Waals surface area contributed by atoms with Crippen LogP contribution in [-0.4, -0.2) is 25.7 Å². The standard InChI is InChI=1S/C15H21NO3/c1-3-5-8-11-16-15(17)12-19-14-10-7-6-9-13(14)18-4-2/h3,5-7,9-10H,4,8,11-12H2,1-2H3,(H,16,17)/b5-3+. The van der Waals surface area contributed by atoms with Gasteiger partial charge in [-0.2, -0.15) is 0 Å². The predicted octanol–water partition coefficient (Wildman–Crippen LogP) is 2.55. The zero-order valence-electron chi connectivity index (χ0n) is 11.5. The van der Waals surface area contributed by atoms with Crippen molar-refractivity contribution in [2.45, 2.75) is 20.3 Å². The first-order valence-corrected chi connectivity index (χ1v) is 6.50. The number of amides is 1. The molecule has 0 saturated heterocycles. The van der Waals surface area contributed by atoms with Gasteiger partial charge in [0.05, 0.1) is 6.61 Å². The highest BCUT2D eigenvalue weighted by atomic mass is 16.5. The summed E-state index contributed by atoms with van der Waals surface area (Å²) in [5, 5.41) is 2.78. The van der Waals surface area contributed by atoms with Gasteiger partial charge in [-0.15, -0.1) is 0 Å². The maximum Gasteiger partial charge on any atom is 0.257 e. The second-order valence-electron chi connectivity index (χ2n) is 3.88. The average molecular weight is 263 g/mol. The van der Waals surface area contributed by atoms with Crippen molar-refractivity contribution in [2.75, 3.05) is 19.8 Å². The van der Waals surface area contributed by atoms with Crippen LogP contribution in [0.1, 0.15) is 20.3 Å². The van der Waals surface area contributed by atoms with Crippen molar-refractivity contribution in [3.05, 3.63) is 36.4 Å². The molecular weight excluding hydrogens is 242 g/mol. The molecule has 19 heavy (non-hydrogen) atoms. The van der Waals surface area contributed by atoms with Gasteiger partial charge in [0.1, 0.15) is 0 Å². The van der Waals surface area contributed by atoms with Crippen LogP contribution >= 0.6 is 0 Å². The summed E-state index contributed by atoms with van der Waals surface area (Å²) in [6, 6.07) is 7.33. The molecule has 0 saturated carbocycles. The Morgan fingerprint density at radius 3 is 2.58 bits per heavy atom. The molecule has 0 aliphatic carbocycles. The van der Waals surface area contributed by atoms with Gasteiger partial charge in [-0.05, 0) is 32.4 Å². The number of carbonyl (C=O) groups excluding carboxylic acids is 1. The molecule has 0 aromatic heterocycles. The van der Waals surface area contributed by atoms with Crippen LogP contribution in [0.3, 0.4) is 0 Å². The van der Waals surface area contributed by atoms with Crippen LogP contribution < -0.4 is 14.8 Å². The van der Waals surface area contributed by atoms with Gasteiger partial charge in [0, 0.05) is 6.54 Å². The second-order valence-corrected chi connectivity index (χ2v) is 3.88. The Morgan fingerprint density at radius 1 is 1.26 bits per heavy atom. The Kier molecular flexibility index (Phi) is 7.17. The molecule has 1 amide bonds. The number of allylic oxidation sites excluding steroid dienone is 1. The minimum absolute atomic E-state index is 0.0000725. The van der Waals surface area contributed by atoms with E-state index in [1.807, 2.05) is 44.2 Å². The number of para-hydroxylation sites is 2. The Morgan fingerprint density at radius 2 is 1.95 bits per heavy atom. The average Bonchev–Trinajstić information content (AvgIpc) is 2.43. The molecule has 1 N–H and O–H groups in total. The highest BCUT2D eigenvalue weighted by molar-refractivity contribution is 5.77. The Labute approximate surface area is 114 Å². The fourth-order valence-electron chi connectivity index (χ4n) is 1.50. The van der Waals surface area contributed by atoms with Gasteiger partial charge in [0.2, 0.25) is 0 Å². The number of hydrogen-bond acceptors (Lipinski definition) is 3. The van der Waals surface area contributed by atoms with Crippen LogP contribution in [0, 0.1) is 0 Å². The fraction of sp³-hybridized carbons (Fsp3) is 0.400. The van der Waals surface area contributed by atoms with Crippen LogP contribution in [0.2, 0.25) is 0 Å². The molecule has 4 heteroatoms. The van der Waals surface area contributed by atoms with Crippen molar-refractivity contribution in [3.63, 3.8) is 0 Å². The maximum absolute atomic E-state index is 11.5. The zero-order chi connectivity index (χ0) is 13.9. The summed E-state index contributed by atoms with van der Waals surface area (Å²) in [6.45, 7) is 5.05. The first kappa shape index (κ1) is 15.1. The van der Waals surface area contributed by atoms with Crippen molar-refractivity contribution in [1.29, 1.82) is 0 Å². The lowest BCUT2D eigenvalue weighted by Gasteiger charge is -2.11. The first-order chi connectivity index (χ1) is 9.27. The quantitative estimate of drug-likeness (QED) is 0.579. The molecule has 0 bridgehead atoms. The third-order valence-electron chi connectivity index (χ3n) is 2.38. The molecule has 1 aromatic carbocycles. The van der Waals surface area contributed by atoms with E-state index in [-0.39, 0.29) is 12.5 Å². The summed E-state index contributed by atoms with van der Waals surface area (Å²) in [7, 11) is 0. The third-order valence-corrected chi connectivity index (χ3v) is 2.38. The highest BCUT2D eigenvalue weighted by Crippen LogP contribution is 2.26. The highest BCUT2D eigenvalue weighted by Gasteiger charge is 2.06. The number of nitrogens with one attached hydrogen (secondary N) is 1. The van der Waals surface area contributed by atoms with Crippen LogP contribution in [0.25, 0.3) is 0 Å². The van der Waals surface area contributed by atoms with E-state index in [0.717, 1.165) is 6.42 Å². The molecule has 0 heterocycles. The van der Waals surface area contributed by atoms with E-state index in [2.05, 4.69) is 5.32 Å². The van der Waals surface area contributed by atoms with Gasteiger partial charge in [0.25, 0.3) is 5.91 Å². The molecule has 1 aromatic rings. The largest absolute Gasteiger partial charge is 0.490 e. The summed E-state index contributed by atoms with van der Waals surface area (Å²) in [4.78, 5) is 11.5. The third kappa shape index (κ3) is 5.95. The van der Waals surface area contributed by atoms with Gasteiger partial charge < -0.3 is 14.8 Å². The molecule has 0 atom stereocenters. The minimum Gasteiger partial charge on any atom is -0.490 e. The van der Waals surface area contributed by atoms with Crippen molar-refractivity contribution in [3.8, 4) is 11.5 Å². The topological polar surface area (TPSA) is 47.6 Å². The first-order valence-electron chi connectivity index (χ1n) is 6.50. The Bertz CT molecular complexity index is 416. The number of hydrogen-bond donors (Lipinski definition) is 1. The van der Waals surface area contributed by atoms with Crippen molar-refractivity contribution >= 4 is 5.91 Å². The number of carbonyl (C=O) groups is 1. The normalized spacial score (nSPS) is 10.4. The minimum atomic E-state index is -0.129. The van der Waals surface area contributed by atoms with Gasteiger partial charge in [-0.3, -0.25) is 4.79 Å². The second kappa shape index (κ2) is 9.03. The van der Waals surface area contributed by atoms with E-state index in [0.29, 0.717) is 24.7 Å². The van der Waals surface area contributed by atoms with E-state index < -0.39 is 0 Å². The molecule has 0 radical (unpaired) electrons. The molecule has 104 valence electrons. The molecular formula is C15H21NO3. The van der Waals surface area contributed by atoms with E-state index in [1.165, 1.54) is 0 Å². The summed E-state index contributed by atoms with van der Waals surface area (Å²) in [6.07, 6.45) is 4.80. The number of rotatable bonds is 8. The van der Waals surface area contributed by atoms with E-state index in [1.54, 1.807) is 6.07 Å². The lowest BCUT2D eigenvalue weighted by atomic mass is 10.3. The molecule has 0 aliphatic rings. The molecule has 1 rings (SSSR count). The van der Waals surface area contributed by atoms with Crippen LogP contribution in [0.5, 0.6) is 11.5 Å². The summed E-state index contributed by atoms with van der Waals surface area (Å²) in [5.74, 6) is 1.12. The predicted molar refractivity (Wildman–Crippen MR) is 75.5 cm³/mol. The lowest BCUT2D eigenvalue weighted by Crippen LogP contribution is -2.29. The fourth-order valence-corrected chi connectivity index (χ4v) is 1.50. The summed E-state index contributed by atoms with van der Waals surface area (Å²) < 4.78 is 10.9. The molecule has 0 fully saturated rings. The van der Waals surface area contributed by atoms with Crippen molar-refractivity contribution < 1.29 is 14.3 Å². The van der Waals surface area contributed by atoms with Gasteiger partial charge in [-0.1, -0.05) is 24.3 Å². The van der Waals surface area contributed by atoms with Crippen LogP contribution in [-0.2, 0) is 4.79 Å². The van der Waals surface area contributed by atoms with Gasteiger partial charge >= 0.3 is 0 Å². The number of ether oxygens (including phenoxy) is 2. The van der Waals surface area contributed by atoms with Crippen molar-refractivity contribution in [1.82, 2.24) is 5.32 Å². The van der Waals surface area contributed by atoms with Crippen LogP contribution in [0.15, 0.2) is 36.4 Å². The van der Waals surface area contributed by atoms with Gasteiger partial charge in [-0.25, -0.2) is 0 Å². The maximum atomic E-state index is 11.5. The summed E-state index contributed by atoms with van der Waals surface area (Å²) in [5.41, 5.74) is 0. The SMILES string of the molecule is C/C=C/CCNC(=O)COc1ccccc1OCC. The Hall–Kier alpha value is -1.97. The molecule has 0 spiro atoms. The molecule has 0 aliphatic heterocycles. The molecule has 4 nitrogen and oxygen atoms in total. The van der Waals surface area contributed by atoms with Crippen LogP contribution in [0.4, 0.5) is 0 Å². The monoisotopic (exact) mass is 263 g/mol. The summed E-state index contributed by atoms with van der Waals surface area (Å²) >= 11 is 0. The molecule has 0 unspecified atom stereocenters. The van der Waals surface area contributed by atoms with Crippen molar-refractivity contribution in [2.24, 2.45) is 0 Å². The number of benzene rings is 1. The van der Waals surface area contributed by atoms with Gasteiger partial charge in [0.15, 0.2) is 18.1 Å². The zero-order valence-corrected chi connectivity index (χ0v) is 11.5. The van der Waals surface area contributed by atoms with E-state index in [9.17, 15) is 4.79 Å². The lowest BCUT2D eigenvalue weighted by molar-refractivity contribution is -0.123. The smallest absolute Gasteiger partial charge is 0.257 e.